The van der Waals surface area contributed by atoms with Crippen LogP contribution in [0.1, 0.15) is 56.1 Å². The number of carboxylic acids is 2. The lowest BCUT2D eigenvalue weighted by Gasteiger charge is -2.44. The maximum Gasteiger partial charge on any atom is 0.573 e. The predicted octanol–water partition coefficient (Wildman–Crippen LogP) is 5.81. The normalized spacial score (nSPS) is 14.4. The molecular weight excluding hydrogens is 892 g/mol. The molecule has 1 aromatic heterocycles. The Morgan fingerprint density at radius 3 is 1.97 bits per heavy atom. The van der Waals surface area contributed by atoms with Crippen LogP contribution in [0.15, 0.2) is 89.7 Å². The predicted molar refractivity (Wildman–Crippen MR) is 232 cm³/mol. The highest BCUT2D eigenvalue weighted by Crippen LogP contribution is 2.30. The monoisotopic (exact) mass is 940 g/mol. The van der Waals surface area contributed by atoms with Gasteiger partial charge in [0.15, 0.2) is 23.8 Å². The molecular formula is C47H49F5N4O11. The second kappa shape index (κ2) is 22.1. The number of H-pyrrole nitrogens is 1. The molecule has 0 radical (unpaired) electrons. The molecule has 5 aromatic rings. The number of piperidine rings is 1. The number of nitrogens with one attached hydrogen (secondary N) is 1. The van der Waals surface area contributed by atoms with Gasteiger partial charge < -0.3 is 39.8 Å². The fourth-order valence-electron chi connectivity index (χ4n) is 7.56. The van der Waals surface area contributed by atoms with Gasteiger partial charge in [-0.05, 0) is 92.1 Å². The number of esters is 1. The number of likely N-dealkylation sites (tertiary alicyclic amines) is 1. The first-order valence-corrected chi connectivity index (χ1v) is 21.0. The lowest BCUT2D eigenvalue weighted by atomic mass is 9.94. The van der Waals surface area contributed by atoms with Crippen LogP contribution in [-0.4, -0.2) is 114 Å². The quantitative estimate of drug-likeness (QED) is 0.0584. The van der Waals surface area contributed by atoms with Crippen LogP contribution >= 0.6 is 0 Å². The molecule has 0 spiro atoms. The van der Waals surface area contributed by atoms with E-state index in [4.69, 9.17) is 25.2 Å². The third-order valence-electron chi connectivity index (χ3n) is 11.2. The van der Waals surface area contributed by atoms with Crippen LogP contribution in [0.4, 0.5) is 22.0 Å². The minimum absolute atomic E-state index is 0.102. The summed E-state index contributed by atoms with van der Waals surface area (Å²) in [6, 6.07) is 21.8. The van der Waals surface area contributed by atoms with Crippen LogP contribution in [0.3, 0.4) is 0 Å². The van der Waals surface area contributed by atoms with Gasteiger partial charge in [-0.1, -0.05) is 60.7 Å². The van der Waals surface area contributed by atoms with Gasteiger partial charge in [0.2, 0.25) is 5.91 Å². The molecule has 358 valence electrons. The first-order valence-electron chi connectivity index (χ1n) is 21.0. The number of nitrogens with zero attached hydrogens (tertiary/aromatic N) is 3. The number of aromatic amines is 1. The number of fused-ring (bicyclic) bond motifs is 1. The SMILES string of the molecule is CCOC(=O)C(C)(C)N1CCC(N(Cc2ccc(-c3ccc(OC(F)(F)F)cc3)cc2)C(=O)Cc2cccc3[nH]c(CCc4cccc(F)c4F)nc(=O)c23)CC1.O=C(O)C(O)C(O)C(=O)O. The number of aliphatic hydroxyl groups excluding tert-OH is 2. The number of amides is 1. The molecule has 20 heteroatoms. The van der Waals surface area contributed by atoms with E-state index in [1.807, 2.05) is 38.1 Å². The molecule has 1 saturated heterocycles. The summed E-state index contributed by atoms with van der Waals surface area (Å²) < 4.78 is 75.3. The molecule has 2 atom stereocenters. The molecule has 1 fully saturated rings. The first-order chi connectivity index (χ1) is 31.6. The van der Waals surface area contributed by atoms with E-state index >= 15 is 0 Å². The van der Waals surface area contributed by atoms with Crippen molar-refractivity contribution in [2.45, 2.75) is 89.6 Å². The first kappa shape index (κ1) is 51.2. The zero-order valence-electron chi connectivity index (χ0n) is 36.6. The van der Waals surface area contributed by atoms with Crippen molar-refractivity contribution in [1.29, 1.82) is 0 Å². The molecule has 0 bridgehead atoms. The van der Waals surface area contributed by atoms with E-state index in [0.717, 1.165) is 17.2 Å². The van der Waals surface area contributed by atoms with Gasteiger partial charge in [-0.3, -0.25) is 19.3 Å². The van der Waals surface area contributed by atoms with Gasteiger partial charge in [0.05, 0.1) is 23.9 Å². The minimum atomic E-state index is -4.79. The molecule has 67 heavy (non-hydrogen) atoms. The molecule has 1 aliphatic heterocycles. The van der Waals surface area contributed by atoms with Crippen molar-refractivity contribution < 1.29 is 71.0 Å². The van der Waals surface area contributed by atoms with Gasteiger partial charge in [0.25, 0.3) is 5.56 Å². The number of rotatable bonds is 16. The standard InChI is InChI=1S/C43H43F5N4O5.C4H6O6/c1-4-56-41(55)42(2,3)51-23-21-32(22-24-51)52(26-27-11-13-28(14-12-27)29-15-18-33(19-16-29)57-43(46,47)48)37(53)25-31-8-6-10-35-38(31)40(54)50-36(49-35)20-17-30-7-5-9-34(44)39(30)45;5-1(3(7)8)2(6)4(9)10/h5-16,18-19,32H,4,17,20-26H2,1-3H3,(H,49,50,54);1-2,5-6H,(H,7,8)(H,9,10). The lowest BCUT2D eigenvalue weighted by molar-refractivity contribution is -0.274. The number of aliphatic carboxylic acids is 2. The fourth-order valence-corrected chi connectivity index (χ4v) is 7.56. The van der Waals surface area contributed by atoms with Gasteiger partial charge in [-0.2, -0.15) is 4.98 Å². The average molecular weight is 941 g/mol. The topological polar surface area (TPSA) is 220 Å². The van der Waals surface area contributed by atoms with E-state index in [-0.39, 0.29) is 67.0 Å². The Morgan fingerprint density at radius 2 is 1.40 bits per heavy atom. The van der Waals surface area contributed by atoms with Gasteiger partial charge >= 0.3 is 24.3 Å². The van der Waals surface area contributed by atoms with Crippen molar-refractivity contribution >= 4 is 34.7 Å². The van der Waals surface area contributed by atoms with Crippen LogP contribution in [0.2, 0.25) is 0 Å². The fraction of sp³-hybridized carbons (Fsp3) is 0.362. The van der Waals surface area contributed by atoms with Crippen molar-refractivity contribution in [3.05, 3.63) is 129 Å². The second-order valence-corrected chi connectivity index (χ2v) is 16.1. The highest BCUT2D eigenvalue weighted by molar-refractivity contribution is 5.88. The molecule has 2 heterocycles. The molecule has 2 unspecified atom stereocenters. The van der Waals surface area contributed by atoms with Crippen molar-refractivity contribution in [3.63, 3.8) is 0 Å². The molecule has 1 amide bonds. The minimum Gasteiger partial charge on any atom is -0.479 e. The average Bonchev–Trinajstić information content (AvgIpc) is 3.28. The number of aliphatic hydroxyl groups is 2. The number of benzene rings is 4. The Hall–Kier alpha value is -6.77. The van der Waals surface area contributed by atoms with Crippen LogP contribution in [0.5, 0.6) is 5.75 Å². The molecule has 4 aromatic carbocycles. The number of carboxylic acid groups (broad SMARTS) is 2. The molecule has 1 aliphatic rings. The number of hydrogen-bond acceptors (Lipinski definition) is 11. The van der Waals surface area contributed by atoms with Crippen LogP contribution in [-0.2, 0) is 49.7 Å². The zero-order valence-corrected chi connectivity index (χ0v) is 36.6. The van der Waals surface area contributed by atoms with Gasteiger partial charge in [0, 0.05) is 32.1 Å². The summed E-state index contributed by atoms with van der Waals surface area (Å²) in [4.78, 5) is 71.4. The maximum absolute atomic E-state index is 14.4. The zero-order chi connectivity index (χ0) is 49.2. The summed E-state index contributed by atoms with van der Waals surface area (Å²) in [5.41, 5.74) is 1.96. The summed E-state index contributed by atoms with van der Waals surface area (Å²) in [6.07, 6.45) is -8.00. The van der Waals surface area contributed by atoms with E-state index in [2.05, 4.69) is 19.6 Å². The van der Waals surface area contributed by atoms with Gasteiger partial charge in [-0.15, -0.1) is 13.2 Å². The molecule has 0 saturated carbocycles. The molecule has 6 rings (SSSR count). The molecule has 5 N–H and O–H groups in total. The van der Waals surface area contributed by atoms with E-state index in [1.165, 1.54) is 36.4 Å². The molecule has 0 aliphatic carbocycles. The number of ether oxygens (including phenoxy) is 2. The van der Waals surface area contributed by atoms with Gasteiger partial charge in [0.1, 0.15) is 17.1 Å². The summed E-state index contributed by atoms with van der Waals surface area (Å²) in [7, 11) is 0. The van der Waals surface area contributed by atoms with Crippen LogP contribution in [0.25, 0.3) is 22.0 Å². The van der Waals surface area contributed by atoms with E-state index in [1.54, 1.807) is 30.0 Å². The smallest absolute Gasteiger partial charge is 0.479 e. The Bertz CT molecular complexity index is 2580. The third kappa shape index (κ3) is 13.4. The van der Waals surface area contributed by atoms with Crippen molar-refractivity contribution in [1.82, 2.24) is 19.8 Å². The Balaban J connectivity index is 0.000000752. The second-order valence-electron chi connectivity index (χ2n) is 16.1. The van der Waals surface area contributed by atoms with Crippen LogP contribution in [0, 0.1) is 11.6 Å². The summed E-state index contributed by atoms with van der Waals surface area (Å²) >= 11 is 0. The number of hydrogen-bond donors (Lipinski definition) is 5. The molecule has 15 nitrogen and oxygen atoms in total. The number of carbonyl (C=O) groups is 4. The van der Waals surface area contributed by atoms with E-state index in [9.17, 15) is 45.9 Å². The van der Waals surface area contributed by atoms with Crippen LogP contribution < -0.4 is 10.3 Å². The van der Waals surface area contributed by atoms with Crippen molar-refractivity contribution in [2.75, 3.05) is 19.7 Å². The number of halogens is 5. The summed E-state index contributed by atoms with van der Waals surface area (Å²) in [6.45, 7) is 6.98. The number of carbonyl (C=O) groups excluding carboxylic acids is 2. The third-order valence-corrected chi connectivity index (χ3v) is 11.2. The van der Waals surface area contributed by atoms with E-state index in [0.29, 0.717) is 48.4 Å². The highest BCUT2D eigenvalue weighted by Gasteiger charge is 2.40. The largest absolute Gasteiger partial charge is 0.573 e. The Labute approximate surface area is 380 Å². The maximum atomic E-state index is 14.4. The lowest BCUT2D eigenvalue weighted by Crippen LogP contribution is -2.56. The Kier molecular flexibility index (Phi) is 16.9. The van der Waals surface area contributed by atoms with Gasteiger partial charge in [-0.25, -0.2) is 18.4 Å². The summed E-state index contributed by atoms with van der Waals surface area (Å²) in [5.74, 6) is -6.00. The van der Waals surface area contributed by atoms with E-state index < -0.39 is 53.2 Å². The van der Waals surface area contributed by atoms with Crippen molar-refractivity contribution in [3.8, 4) is 16.9 Å². The highest BCUT2D eigenvalue weighted by atomic mass is 19.4. The van der Waals surface area contributed by atoms with Crippen molar-refractivity contribution in [2.24, 2.45) is 0 Å². The summed E-state index contributed by atoms with van der Waals surface area (Å²) in [5, 5.41) is 32.8. The number of aromatic nitrogens is 2. The number of aryl methyl sites for hydroxylation is 2. The Morgan fingerprint density at radius 1 is 0.836 bits per heavy atom. The number of alkyl halides is 3.